The van der Waals surface area contributed by atoms with Gasteiger partial charge in [0.2, 0.25) is 5.91 Å². The number of amides is 1. The number of para-hydroxylation sites is 1. The molecule has 0 fully saturated rings. The Hall–Kier alpha value is -3.43. The average Bonchev–Trinajstić information content (AvgIpc) is 3.33. The van der Waals surface area contributed by atoms with Crippen molar-refractivity contribution in [3.8, 4) is 17.5 Å². The van der Waals surface area contributed by atoms with E-state index in [0.29, 0.717) is 35.0 Å². The zero-order valence-electron chi connectivity index (χ0n) is 14.3. The lowest BCUT2D eigenvalue weighted by Gasteiger charge is -2.02. The van der Waals surface area contributed by atoms with Crippen molar-refractivity contribution in [2.45, 2.75) is 12.8 Å². The zero-order chi connectivity index (χ0) is 18.6. The van der Waals surface area contributed by atoms with Gasteiger partial charge < -0.3 is 9.73 Å². The van der Waals surface area contributed by atoms with Crippen LogP contribution in [-0.2, 0) is 11.2 Å². The van der Waals surface area contributed by atoms with E-state index in [0.717, 1.165) is 16.5 Å². The number of rotatable bonds is 5. The number of furan rings is 1. The number of nitrogens with one attached hydrogen (secondary N) is 1. The third-order valence-electron chi connectivity index (χ3n) is 4.15. The molecule has 6 heteroatoms. The summed E-state index contributed by atoms with van der Waals surface area (Å²) >= 11 is 1.37. The molecular formula is C21H15N3O2S. The number of nitrogens with zero attached hydrogens (tertiary/aromatic N) is 2. The summed E-state index contributed by atoms with van der Waals surface area (Å²) in [6.07, 6.45) is 0.963. The normalized spacial score (nSPS) is 10.6. The molecule has 0 aliphatic carbocycles. The summed E-state index contributed by atoms with van der Waals surface area (Å²) in [7, 11) is 0. The van der Waals surface area contributed by atoms with E-state index in [2.05, 4.69) is 16.4 Å². The van der Waals surface area contributed by atoms with Crippen molar-refractivity contribution in [1.29, 1.82) is 5.26 Å². The number of anilines is 1. The van der Waals surface area contributed by atoms with Crippen LogP contribution in [0, 0.1) is 11.3 Å². The van der Waals surface area contributed by atoms with Gasteiger partial charge in [-0.15, -0.1) is 11.3 Å². The monoisotopic (exact) mass is 373 g/mol. The molecule has 27 heavy (non-hydrogen) atoms. The Morgan fingerprint density at radius 2 is 2.00 bits per heavy atom. The number of hydrogen-bond donors (Lipinski definition) is 1. The van der Waals surface area contributed by atoms with Gasteiger partial charge in [-0.2, -0.15) is 5.26 Å². The lowest BCUT2D eigenvalue weighted by Crippen LogP contribution is -2.12. The summed E-state index contributed by atoms with van der Waals surface area (Å²) in [5, 5.41) is 15.1. The second-order valence-corrected chi connectivity index (χ2v) is 6.90. The second kappa shape index (κ2) is 7.44. The maximum Gasteiger partial charge on any atom is 0.226 e. The molecule has 0 unspecified atom stereocenters. The average molecular weight is 373 g/mol. The number of aryl methyl sites for hydroxylation is 1. The smallest absolute Gasteiger partial charge is 0.226 e. The summed E-state index contributed by atoms with van der Waals surface area (Å²) in [6.45, 7) is 0. The minimum absolute atomic E-state index is 0.0927. The molecule has 2 aromatic heterocycles. The van der Waals surface area contributed by atoms with Gasteiger partial charge in [0.05, 0.1) is 11.6 Å². The Labute approximate surface area is 159 Å². The largest absolute Gasteiger partial charge is 0.454 e. The van der Waals surface area contributed by atoms with E-state index in [-0.39, 0.29) is 5.91 Å². The van der Waals surface area contributed by atoms with Crippen LogP contribution in [0.5, 0.6) is 0 Å². The van der Waals surface area contributed by atoms with Crippen LogP contribution < -0.4 is 5.32 Å². The van der Waals surface area contributed by atoms with Gasteiger partial charge >= 0.3 is 0 Å². The molecule has 0 radical (unpaired) electrons. The minimum Gasteiger partial charge on any atom is -0.454 e. The lowest BCUT2D eigenvalue weighted by atomic mass is 10.1. The third-order valence-corrected chi connectivity index (χ3v) is 4.91. The standard InChI is InChI=1S/C21H15N3O2S/c22-12-15-7-5-14(6-8-15)9-10-20(25)24-21-23-17(13-27-21)19-11-16-3-1-2-4-18(16)26-19/h1-8,11,13H,9-10H2,(H,23,24,25). The van der Waals surface area contributed by atoms with E-state index in [1.54, 1.807) is 12.1 Å². The molecule has 1 N–H and O–H groups in total. The highest BCUT2D eigenvalue weighted by Crippen LogP contribution is 2.30. The van der Waals surface area contributed by atoms with Crippen molar-refractivity contribution in [3.63, 3.8) is 0 Å². The van der Waals surface area contributed by atoms with Crippen molar-refractivity contribution >= 4 is 33.3 Å². The molecule has 0 spiro atoms. The highest BCUT2D eigenvalue weighted by Gasteiger charge is 2.12. The highest BCUT2D eigenvalue weighted by atomic mass is 32.1. The molecule has 2 heterocycles. The Morgan fingerprint density at radius 1 is 1.19 bits per heavy atom. The Bertz CT molecular complexity index is 1100. The quantitative estimate of drug-likeness (QED) is 0.534. The molecule has 0 atom stereocenters. The number of aromatic nitrogens is 1. The molecule has 0 aliphatic rings. The van der Waals surface area contributed by atoms with Crippen LogP contribution >= 0.6 is 11.3 Å². The zero-order valence-corrected chi connectivity index (χ0v) is 15.1. The molecule has 132 valence electrons. The van der Waals surface area contributed by atoms with Gasteiger partial charge in [-0.05, 0) is 36.2 Å². The van der Waals surface area contributed by atoms with Gasteiger partial charge in [0.1, 0.15) is 11.3 Å². The van der Waals surface area contributed by atoms with E-state index in [1.807, 2.05) is 47.8 Å². The van der Waals surface area contributed by atoms with Gasteiger partial charge in [-0.1, -0.05) is 30.3 Å². The number of carbonyl (C=O) groups excluding carboxylic acids is 1. The van der Waals surface area contributed by atoms with Gasteiger partial charge in [-0.3, -0.25) is 4.79 Å². The van der Waals surface area contributed by atoms with Gasteiger partial charge in [0, 0.05) is 17.2 Å². The number of thiazole rings is 1. The predicted octanol–water partition coefficient (Wildman–Crippen LogP) is 5.00. The molecule has 2 aromatic carbocycles. The summed E-state index contributed by atoms with van der Waals surface area (Å²) < 4.78 is 5.81. The SMILES string of the molecule is N#Cc1ccc(CCC(=O)Nc2nc(-c3cc4ccccc4o3)cs2)cc1. The summed E-state index contributed by atoms with van der Waals surface area (Å²) in [4.78, 5) is 16.6. The van der Waals surface area contributed by atoms with Crippen LogP contribution in [0.4, 0.5) is 5.13 Å². The fraction of sp³-hybridized carbons (Fsp3) is 0.0952. The topological polar surface area (TPSA) is 78.9 Å². The molecule has 0 saturated heterocycles. The van der Waals surface area contributed by atoms with Crippen molar-refractivity contribution in [2.75, 3.05) is 5.32 Å². The van der Waals surface area contributed by atoms with E-state index >= 15 is 0 Å². The van der Waals surface area contributed by atoms with Crippen molar-refractivity contribution < 1.29 is 9.21 Å². The molecule has 0 bridgehead atoms. The van der Waals surface area contributed by atoms with E-state index in [9.17, 15) is 4.79 Å². The number of carbonyl (C=O) groups is 1. The maximum absolute atomic E-state index is 12.2. The molecule has 1 amide bonds. The first-order valence-electron chi connectivity index (χ1n) is 8.44. The Morgan fingerprint density at radius 3 is 2.78 bits per heavy atom. The minimum atomic E-state index is -0.0927. The number of benzene rings is 2. The fourth-order valence-electron chi connectivity index (χ4n) is 2.74. The number of nitriles is 1. The molecule has 0 aliphatic heterocycles. The summed E-state index contributed by atoms with van der Waals surface area (Å²) in [5.41, 5.74) is 3.16. The van der Waals surface area contributed by atoms with E-state index in [4.69, 9.17) is 9.68 Å². The van der Waals surface area contributed by atoms with Crippen LogP contribution in [0.2, 0.25) is 0 Å². The fourth-order valence-corrected chi connectivity index (χ4v) is 3.45. The molecule has 4 aromatic rings. The van der Waals surface area contributed by atoms with E-state index < -0.39 is 0 Å². The third kappa shape index (κ3) is 3.89. The predicted molar refractivity (Wildman–Crippen MR) is 105 cm³/mol. The number of fused-ring (bicyclic) bond motifs is 1. The summed E-state index contributed by atoms with van der Waals surface area (Å²) in [5.74, 6) is 0.593. The molecule has 5 nitrogen and oxygen atoms in total. The van der Waals surface area contributed by atoms with Gasteiger partial charge in [0.15, 0.2) is 10.9 Å². The van der Waals surface area contributed by atoms with Crippen LogP contribution in [0.3, 0.4) is 0 Å². The second-order valence-electron chi connectivity index (χ2n) is 6.04. The summed E-state index contributed by atoms with van der Waals surface area (Å²) in [6, 6.07) is 19.1. The Balaban J connectivity index is 1.38. The van der Waals surface area contributed by atoms with Crippen molar-refractivity contribution in [3.05, 3.63) is 71.1 Å². The van der Waals surface area contributed by atoms with Gasteiger partial charge in [0.25, 0.3) is 0 Å². The van der Waals surface area contributed by atoms with Crippen molar-refractivity contribution in [2.24, 2.45) is 0 Å². The lowest BCUT2D eigenvalue weighted by molar-refractivity contribution is -0.116. The highest BCUT2D eigenvalue weighted by molar-refractivity contribution is 7.14. The van der Waals surface area contributed by atoms with Gasteiger partial charge in [-0.25, -0.2) is 4.98 Å². The molecule has 4 rings (SSSR count). The first-order valence-corrected chi connectivity index (χ1v) is 9.32. The van der Waals surface area contributed by atoms with Crippen LogP contribution in [0.1, 0.15) is 17.5 Å². The van der Waals surface area contributed by atoms with Crippen molar-refractivity contribution in [1.82, 2.24) is 4.98 Å². The molecular weight excluding hydrogens is 358 g/mol. The first-order chi connectivity index (χ1) is 13.2. The molecule has 0 saturated carbocycles. The van der Waals surface area contributed by atoms with Crippen LogP contribution in [-0.4, -0.2) is 10.9 Å². The Kier molecular flexibility index (Phi) is 4.69. The van der Waals surface area contributed by atoms with E-state index in [1.165, 1.54) is 11.3 Å². The maximum atomic E-state index is 12.2. The first kappa shape index (κ1) is 17.0. The number of hydrogen-bond acceptors (Lipinski definition) is 5. The van der Waals surface area contributed by atoms with Crippen LogP contribution in [0.15, 0.2) is 64.4 Å². The van der Waals surface area contributed by atoms with Crippen LogP contribution in [0.25, 0.3) is 22.4 Å².